The van der Waals surface area contributed by atoms with Gasteiger partial charge in [0.25, 0.3) is 5.69 Å². The molecule has 0 bridgehead atoms. The number of nitro groups is 1. The third-order valence-corrected chi connectivity index (χ3v) is 1.81. The van der Waals surface area contributed by atoms with E-state index >= 15 is 0 Å². The number of carbonyl (C=O) groups is 1. The summed E-state index contributed by atoms with van der Waals surface area (Å²) in [6.45, 7) is 2.26. The van der Waals surface area contributed by atoms with Crippen molar-refractivity contribution in [2.45, 2.75) is 6.92 Å². The van der Waals surface area contributed by atoms with Crippen LogP contribution in [0, 0.1) is 10.1 Å². The van der Waals surface area contributed by atoms with E-state index < -0.39 is 10.9 Å². The maximum Gasteiger partial charge on any atom is 0.335 e. The number of nitro benzene ring substituents is 1. The van der Waals surface area contributed by atoms with Crippen molar-refractivity contribution < 1.29 is 14.8 Å². The number of carboxylic acids is 1. The van der Waals surface area contributed by atoms with Gasteiger partial charge < -0.3 is 10.4 Å². The second-order valence-electron chi connectivity index (χ2n) is 2.82. The third-order valence-electron chi connectivity index (χ3n) is 1.81. The number of rotatable bonds is 4. The van der Waals surface area contributed by atoms with Crippen molar-refractivity contribution in [1.82, 2.24) is 0 Å². The van der Waals surface area contributed by atoms with Crippen molar-refractivity contribution in [3.63, 3.8) is 0 Å². The van der Waals surface area contributed by atoms with Crippen LogP contribution in [0.3, 0.4) is 0 Å². The van der Waals surface area contributed by atoms with E-state index in [2.05, 4.69) is 5.32 Å². The van der Waals surface area contributed by atoms with Crippen LogP contribution in [0.5, 0.6) is 0 Å². The van der Waals surface area contributed by atoms with Gasteiger partial charge in [0.15, 0.2) is 0 Å². The van der Waals surface area contributed by atoms with E-state index in [4.69, 9.17) is 5.11 Å². The average Bonchev–Trinajstić information content (AvgIpc) is 2.17. The lowest BCUT2D eigenvalue weighted by atomic mass is 10.1. The molecule has 0 atom stereocenters. The van der Waals surface area contributed by atoms with Crippen LogP contribution >= 0.6 is 0 Å². The molecule has 0 aliphatic heterocycles. The van der Waals surface area contributed by atoms with Gasteiger partial charge in [0, 0.05) is 12.6 Å². The molecule has 80 valence electrons. The number of carboxylic acid groups (broad SMARTS) is 1. The van der Waals surface area contributed by atoms with Crippen LogP contribution in [0.2, 0.25) is 0 Å². The van der Waals surface area contributed by atoms with Gasteiger partial charge in [-0.2, -0.15) is 0 Å². The van der Waals surface area contributed by atoms with E-state index in [0.717, 1.165) is 0 Å². The molecule has 15 heavy (non-hydrogen) atoms. The smallest absolute Gasteiger partial charge is 0.335 e. The Bertz CT molecular complexity index is 403. The van der Waals surface area contributed by atoms with Crippen LogP contribution in [0.15, 0.2) is 18.2 Å². The zero-order valence-electron chi connectivity index (χ0n) is 8.06. The number of aromatic carboxylic acids is 1. The Morgan fingerprint density at radius 3 is 2.73 bits per heavy atom. The molecule has 0 aliphatic carbocycles. The summed E-state index contributed by atoms with van der Waals surface area (Å²) in [5.41, 5.74) is 0.126. The van der Waals surface area contributed by atoms with Gasteiger partial charge in [-0.3, -0.25) is 10.1 Å². The molecule has 0 fully saturated rings. The van der Waals surface area contributed by atoms with Crippen LogP contribution in [0.1, 0.15) is 17.3 Å². The zero-order valence-corrected chi connectivity index (χ0v) is 8.06. The van der Waals surface area contributed by atoms with Crippen LogP contribution in [-0.4, -0.2) is 22.5 Å². The fraction of sp³-hybridized carbons (Fsp3) is 0.222. The minimum atomic E-state index is -1.11. The molecule has 2 N–H and O–H groups in total. The molecule has 0 amide bonds. The van der Waals surface area contributed by atoms with Gasteiger partial charge in [0.05, 0.1) is 10.5 Å². The second kappa shape index (κ2) is 4.41. The molecule has 0 aliphatic rings. The predicted molar refractivity (Wildman–Crippen MR) is 54.2 cm³/mol. The van der Waals surface area contributed by atoms with Crippen molar-refractivity contribution in [3.8, 4) is 0 Å². The zero-order chi connectivity index (χ0) is 11.4. The third kappa shape index (κ3) is 2.43. The van der Waals surface area contributed by atoms with E-state index in [1.807, 2.05) is 0 Å². The molecule has 0 heterocycles. The van der Waals surface area contributed by atoms with Gasteiger partial charge >= 0.3 is 5.97 Å². The molecule has 1 rings (SSSR count). The number of hydrogen-bond donors (Lipinski definition) is 2. The summed E-state index contributed by atoms with van der Waals surface area (Å²) in [7, 11) is 0. The van der Waals surface area contributed by atoms with Crippen molar-refractivity contribution >= 4 is 17.3 Å². The Kier molecular flexibility index (Phi) is 3.22. The number of hydrogen-bond acceptors (Lipinski definition) is 4. The predicted octanol–water partition coefficient (Wildman–Crippen LogP) is 1.72. The minimum Gasteiger partial charge on any atom is -0.478 e. The van der Waals surface area contributed by atoms with Gasteiger partial charge in [-0.15, -0.1) is 0 Å². The highest BCUT2D eigenvalue weighted by atomic mass is 16.6. The topological polar surface area (TPSA) is 92.5 Å². The summed E-state index contributed by atoms with van der Waals surface area (Å²) in [6.07, 6.45) is 0. The Labute approximate surface area is 85.7 Å². The first-order valence-electron chi connectivity index (χ1n) is 4.32. The molecule has 6 heteroatoms. The van der Waals surface area contributed by atoms with Crippen molar-refractivity contribution in [2.75, 3.05) is 11.9 Å². The van der Waals surface area contributed by atoms with Gasteiger partial charge in [-0.25, -0.2) is 4.79 Å². The number of nitrogens with zero attached hydrogens (tertiary/aromatic N) is 1. The van der Waals surface area contributed by atoms with E-state index in [1.54, 1.807) is 6.92 Å². The monoisotopic (exact) mass is 210 g/mol. The van der Waals surface area contributed by atoms with Gasteiger partial charge in [0.2, 0.25) is 0 Å². The summed E-state index contributed by atoms with van der Waals surface area (Å²) in [4.78, 5) is 20.7. The Hall–Kier alpha value is -2.11. The van der Waals surface area contributed by atoms with Gasteiger partial charge in [-0.05, 0) is 19.1 Å². The quantitative estimate of drug-likeness (QED) is 0.583. The molecule has 6 nitrogen and oxygen atoms in total. The lowest BCUT2D eigenvalue weighted by Gasteiger charge is -2.04. The van der Waals surface area contributed by atoms with Crippen LogP contribution in [-0.2, 0) is 0 Å². The Morgan fingerprint density at radius 2 is 2.27 bits per heavy atom. The largest absolute Gasteiger partial charge is 0.478 e. The van der Waals surface area contributed by atoms with Crippen LogP contribution < -0.4 is 5.32 Å². The van der Waals surface area contributed by atoms with E-state index in [-0.39, 0.29) is 16.9 Å². The van der Waals surface area contributed by atoms with E-state index in [0.29, 0.717) is 6.54 Å². The first-order valence-corrected chi connectivity index (χ1v) is 4.32. The number of anilines is 1. The Balaban J connectivity index is 3.20. The van der Waals surface area contributed by atoms with Gasteiger partial charge in [-0.1, -0.05) is 0 Å². The average molecular weight is 210 g/mol. The highest BCUT2D eigenvalue weighted by molar-refractivity contribution is 5.90. The highest BCUT2D eigenvalue weighted by Crippen LogP contribution is 2.25. The standard InChI is InChI=1S/C9H10N2O4/c1-2-10-7-5-6(9(12)13)3-4-8(7)11(14)15/h3-5,10H,2H2,1H3,(H,12,13). The first kappa shape index (κ1) is 11.0. The maximum absolute atomic E-state index is 10.6. The van der Waals surface area contributed by atoms with E-state index in [1.165, 1.54) is 18.2 Å². The normalized spacial score (nSPS) is 9.67. The summed E-state index contributed by atoms with van der Waals surface area (Å²) in [5.74, 6) is -1.11. The van der Waals surface area contributed by atoms with E-state index in [9.17, 15) is 14.9 Å². The van der Waals surface area contributed by atoms with Crippen LogP contribution in [0.4, 0.5) is 11.4 Å². The lowest BCUT2D eigenvalue weighted by Crippen LogP contribution is -2.04. The fourth-order valence-corrected chi connectivity index (χ4v) is 1.16. The summed E-state index contributed by atoms with van der Waals surface area (Å²) in [6, 6.07) is 3.65. The maximum atomic E-state index is 10.6. The molecule has 1 aromatic carbocycles. The molecular weight excluding hydrogens is 200 g/mol. The van der Waals surface area contributed by atoms with Gasteiger partial charge in [0.1, 0.15) is 5.69 Å². The summed E-state index contributed by atoms with van der Waals surface area (Å²) >= 11 is 0. The number of nitrogens with one attached hydrogen (secondary N) is 1. The van der Waals surface area contributed by atoms with Crippen molar-refractivity contribution in [3.05, 3.63) is 33.9 Å². The molecule has 0 spiro atoms. The van der Waals surface area contributed by atoms with Crippen molar-refractivity contribution in [2.24, 2.45) is 0 Å². The SMILES string of the molecule is CCNc1cc(C(=O)O)ccc1[N+](=O)[O-]. The number of benzene rings is 1. The molecule has 0 aromatic heterocycles. The summed E-state index contributed by atoms with van der Waals surface area (Å²) in [5, 5.41) is 22.1. The highest BCUT2D eigenvalue weighted by Gasteiger charge is 2.15. The first-order chi connectivity index (χ1) is 7.06. The molecule has 0 unspecified atom stereocenters. The Morgan fingerprint density at radius 1 is 1.60 bits per heavy atom. The van der Waals surface area contributed by atoms with Crippen molar-refractivity contribution in [1.29, 1.82) is 0 Å². The molecule has 0 radical (unpaired) electrons. The summed E-state index contributed by atoms with van der Waals surface area (Å²) < 4.78 is 0. The second-order valence-corrected chi connectivity index (χ2v) is 2.82. The molecule has 1 aromatic rings. The lowest BCUT2D eigenvalue weighted by molar-refractivity contribution is -0.384. The van der Waals surface area contributed by atoms with Crippen LogP contribution in [0.25, 0.3) is 0 Å². The molecule has 0 saturated heterocycles. The molecular formula is C9H10N2O4. The molecule has 0 saturated carbocycles. The fourth-order valence-electron chi connectivity index (χ4n) is 1.16. The minimum absolute atomic E-state index is 0.0246.